The second-order valence-corrected chi connectivity index (χ2v) is 5.29. The summed E-state index contributed by atoms with van der Waals surface area (Å²) in [5.41, 5.74) is 5.14. The summed E-state index contributed by atoms with van der Waals surface area (Å²) in [4.78, 5) is 3.61. The third-order valence-corrected chi connectivity index (χ3v) is 4.04. The lowest BCUT2D eigenvalue weighted by atomic mass is 10.0. The van der Waals surface area contributed by atoms with Crippen LogP contribution in [0.4, 0.5) is 0 Å². The number of hydrogen-bond donors (Lipinski definition) is 1. The number of aromatic nitrogens is 1. The molecule has 4 rings (SSSR count). The molecule has 0 fully saturated rings. The Balaban J connectivity index is 2.40. The van der Waals surface area contributed by atoms with Crippen LogP contribution in [0.2, 0.25) is 0 Å². The maximum atomic E-state index is 3.61. The van der Waals surface area contributed by atoms with E-state index in [1.54, 1.807) is 0 Å². The molecule has 1 nitrogen and oxygen atoms in total. The van der Waals surface area contributed by atoms with Gasteiger partial charge in [0.05, 0.1) is 5.52 Å². The van der Waals surface area contributed by atoms with E-state index in [0.29, 0.717) is 0 Å². The second-order valence-electron chi connectivity index (χ2n) is 5.29. The van der Waals surface area contributed by atoms with E-state index >= 15 is 0 Å². The van der Waals surface area contributed by atoms with Crippen molar-refractivity contribution < 1.29 is 0 Å². The van der Waals surface area contributed by atoms with Gasteiger partial charge in [0, 0.05) is 16.3 Å². The quantitative estimate of drug-likeness (QED) is 0.444. The molecule has 92 valence electrons. The monoisotopic (exact) mass is 245 g/mol. The SMILES string of the molecule is Cc1cccc2c1[nH]c1c(C)cc3ccccc3c12. The Hall–Kier alpha value is -2.28. The first-order chi connectivity index (χ1) is 9.25. The maximum Gasteiger partial charge on any atom is 0.0501 e. The smallest absolute Gasteiger partial charge is 0.0501 e. The molecule has 1 N–H and O–H groups in total. The molecule has 19 heavy (non-hydrogen) atoms. The van der Waals surface area contributed by atoms with E-state index in [1.165, 1.54) is 43.7 Å². The van der Waals surface area contributed by atoms with Gasteiger partial charge in [0.1, 0.15) is 0 Å². The molecule has 0 atom stereocenters. The van der Waals surface area contributed by atoms with Crippen molar-refractivity contribution in [1.29, 1.82) is 0 Å². The van der Waals surface area contributed by atoms with Gasteiger partial charge in [-0.25, -0.2) is 0 Å². The first-order valence-electron chi connectivity index (χ1n) is 6.65. The van der Waals surface area contributed by atoms with Crippen molar-refractivity contribution in [2.75, 3.05) is 0 Å². The summed E-state index contributed by atoms with van der Waals surface area (Å²) in [7, 11) is 0. The zero-order valence-corrected chi connectivity index (χ0v) is 11.1. The number of benzene rings is 3. The van der Waals surface area contributed by atoms with Crippen molar-refractivity contribution in [2.45, 2.75) is 13.8 Å². The van der Waals surface area contributed by atoms with Gasteiger partial charge in [-0.15, -0.1) is 0 Å². The Morgan fingerprint density at radius 3 is 2.42 bits per heavy atom. The van der Waals surface area contributed by atoms with Gasteiger partial charge in [-0.1, -0.05) is 42.5 Å². The number of hydrogen-bond acceptors (Lipinski definition) is 0. The minimum atomic E-state index is 1.26. The number of aryl methyl sites for hydroxylation is 2. The molecule has 0 aliphatic rings. The van der Waals surface area contributed by atoms with Gasteiger partial charge in [0.15, 0.2) is 0 Å². The van der Waals surface area contributed by atoms with Crippen LogP contribution in [-0.2, 0) is 0 Å². The van der Waals surface area contributed by atoms with Gasteiger partial charge in [0.25, 0.3) is 0 Å². The summed E-state index contributed by atoms with van der Waals surface area (Å²) in [6, 6.07) is 17.4. The largest absolute Gasteiger partial charge is 0.354 e. The predicted molar refractivity (Wildman–Crippen MR) is 82.8 cm³/mol. The average molecular weight is 245 g/mol. The summed E-state index contributed by atoms with van der Waals surface area (Å²) in [5, 5.41) is 5.33. The van der Waals surface area contributed by atoms with E-state index in [1.807, 2.05) is 0 Å². The number of fused-ring (bicyclic) bond motifs is 5. The molecule has 1 heterocycles. The summed E-state index contributed by atoms with van der Waals surface area (Å²) in [6.45, 7) is 4.34. The molecule has 0 radical (unpaired) electrons. The van der Waals surface area contributed by atoms with Crippen LogP contribution in [0.1, 0.15) is 11.1 Å². The molecule has 0 unspecified atom stereocenters. The highest BCUT2D eigenvalue weighted by Crippen LogP contribution is 2.35. The summed E-state index contributed by atoms with van der Waals surface area (Å²) in [6.07, 6.45) is 0. The van der Waals surface area contributed by atoms with Crippen molar-refractivity contribution in [3.63, 3.8) is 0 Å². The predicted octanol–water partition coefficient (Wildman–Crippen LogP) is 5.09. The Kier molecular flexibility index (Phi) is 2.02. The number of nitrogens with one attached hydrogen (secondary N) is 1. The Morgan fingerprint density at radius 2 is 1.53 bits per heavy atom. The van der Waals surface area contributed by atoms with Gasteiger partial charge in [-0.2, -0.15) is 0 Å². The molecule has 0 bridgehead atoms. The van der Waals surface area contributed by atoms with Crippen LogP contribution in [-0.4, -0.2) is 4.98 Å². The molecule has 0 aliphatic heterocycles. The fourth-order valence-corrected chi connectivity index (χ4v) is 3.10. The van der Waals surface area contributed by atoms with Crippen molar-refractivity contribution in [3.05, 3.63) is 59.7 Å². The van der Waals surface area contributed by atoms with Crippen LogP contribution in [0, 0.1) is 13.8 Å². The fraction of sp³-hybridized carbons (Fsp3) is 0.111. The third-order valence-electron chi connectivity index (χ3n) is 4.04. The van der Waals surface area contributed by atoms with Crippen molar-refractivity contribution >= 4 is 32.6 Å². The van der Waals surface area contributed by atoms with Crippen molar-refractivity contribution in [2.24, 2.45) is 0 Å². The van der Waals surface area contributed by atoms with Gasteiger partial charge in [-0.05, 0) is 41.8 Å². The van der Waals surface area contributed by atoms with Gasteiger partial charge < -0.3 is 4.98 Å². The summed E-state index contributed by atoms with van der Waals surface area (Å²) >= 11 is 0. The number of aromatic amines is 1. The Morgan fingerprint density at radius 1 is 0.737 bits per heavy atom. The van der Waals surface area contributed by atoms with E-state index < -0.39 is 0 Å². The van der Waals surface area contributed by atoms with Crippen LogP contribution in [0.3, 0.4) is 0 Å². The van der Waals surface area contributed by atoms with Gasteiger partial charge in [-0.3, -0.25) is 0 Å². The maximum absolute atomic E-state index is 3.61. The molecule has 3 aromatic carbocycles. The molecule has 1 heteroatoms. The van der Waals surface area contributed by atoms with Crippen molar-refractivity contribution in [1.82, 2.24) is 4.98 Å². The Labute approximate surface area is 111 Å². The van der Waals surface area contributed by atoms with Crippen LogP contribution in [0.15, 0.2) is 48.5 Å². The zero-order chi connectivity index (χ0) is 13.0. The van der Waals surface area contributed by atoms with E-state index in [2.05, 4.69) is 67.4 Å². The number of para-hydroxylation sites is 1. The first-order valence-corrected chi connectivity index (χ1v) is 6.65. The van der Waals surface area contributed by atoms with E-state index in [-0.39, 0.29) is 0 Å². The molecule has 0 saturated heterocycles. The minimum absolute atomic E-state index is 1.26. The number of rotatable bonds is 0. The molecular formula is C18H15N. The average Bonchev–Trinajstić information content (AvgIpc) is 2.81. The molecule has 4 aromatic rings. The highest BCUT2D eigenvalue weighted by molar-refractivity contribution is 6.21. The van der Waals surface area contributed by atoms with Crippen molar-refractivity contribution in [3.8, 4) is 0 Å². The zero-order valence-electron chi connectivity index (χ0n) is 11.1. The van der Waals surface area contributed by atoms with E-state index in [0.717, 1.165) is 0 Å². The van der Waals surface area contributed by atoms with Crippen LogP contribution < -0.4 is 0 Å². The molecule has 0 amide bonds. The highest BCUT2D eigenvalue weighted by Gasteiger charge is 2.11. The summed E-state index contributed by atoms with van der Waals surface area (Å²) < 4.78 is 0. The molecule has 0 spiro atoms. The van der Waals surface area contributed by atoms with Crippen LogP contribution in [0.5, 0.6) is 0 Å². The van der Waals surface area contributed by atoms with Crippen LogP contribution in [0.25, 0.3) is 32.6 Å². The molecule has 1 aromatic heterocycles. The molecule has 0 saturated carbocycles. The lowest BCUT2D eigenvalue weighted by molar-refractivity contribution is 1.43. The highest BCUT2D eigenvalue weighted by atomic mass is 14.7. The van der Waals surface area contributed by atoms with Gasteiger partial charge >= 0.3 is 0 Å². The van der Waals surface area contributed by atoms with Gasteiger partial charge in [0.2, 0.25) is 0 Å². The van der Waals surface area contributed by atoms with Crippen LogP contribution >= 0.6 is 0 Å². The van der Waals surface area contributed by atoms with E-state index in [4.69, 9.17) is 0 Å². The fourth-order valence-electron chi connectivity index (χ4n) is 3.10. The lowest BCUT2D eigenvalue weighted by Crippen LogP contribution is -1.79. The first kappa shape index (κ1) is 10.6. The molecular weight excluding hydrogens is 230 g/mol. The normalized spacial score (nSPS) is 11.7. The third kappa shape index (κ3) is 1.36. The topological polar surface area (TPSA) is 15.8 Å². The molecule has 0 aliphatic carbocycles. The standard InChI is InChI=1S/C18H15N/c1-11-6-5-9-15-16-14-8-4-3-7-13(14)10-12(2)18(16)19-17(11)15/h3-10,19H,1-2H3. The van der Waals surface area contributed by atoms with E-state index in [9.17, 15) is 0 Å². The number of H-pyrrole nitrogens is 1. The summed E-state index contributed by atoms with van der Waals surface area (Å²) in [5.74, 6) is 0. The Bertz CT molecular complexity index is 929. The minimum Gasteiger partial charge on any atom is -0.354 e. The second kappa shape index (κ2) is 3.61. The lowest BCUT2D eigenvalue weighted by Gasteiger charge is -2.03.